The molecule has 0 unspecified atom stereocenters. The van der Waals surface area contributed by atoms with Gasteiger partial charge in [0.1, 0.15) is 0 Å². The van der Waals surface area contributed by atoms with Crippen LogP contribution >= 0.6 is 0 Å². The molecule has 0 saturated heterocycles. The average molecular weight is 263 g/mol. The second-order valence-electron chi connectivity index (χ2n) is 5.07. The molecule has 2 aromatic carbocycles. The van der Waals surface area contributed by atoms with E-state index in [2.05, 4.69) is 18.2 Å². The molecule has 1 aromatic heterocycles. The number of aryl methyl sites for hydroxylation is 3. The molecule has 1 heterocycles. The van der Waals surface area contributed by atoms with Crippen LogP contribution in [0.15, 0.2) is 65.5 Å². The normalized spacial score (nSPS) is 10.8. The van der Waals surface area contributed by atoms with Crippen LogP contribution in [0.5, 0.6) is 0 Å². The van der Waals surface area contributed by atoms with Gasteiger partial charge in [-0.1, -0.05) is 48.5 Å². The van der Waals surface area contributed by atoms with Crippen LogP contribution in [0, 0.1) is 6.92 Å². The summed E-state index contributed by atoms with van der Waals surface area (Å²) in [5.74, 6) is 0. The zero-order valence-electron chi connectivity index (χ0n) is 11.5. The molecule has 0 aliphatic rings. The summed E-state index contributed by atoms with van der Waals surface area (Å²) in [4.78, 5) is 12.2. The molecule has 3 rings (SSSR count). The lowest BCUT2D eigenvalue weighted by Gasteiger charge is -2.11. The quantitative estimate of drug-likeness (QED) is 0.708. The summed E-state index contributed by atoms with van der Waals surface area (Å²) in [5, 5.41) is 1.15. The first-order valence-corrected chi connectivity index (χ1v) is 6.89. The van der Waals surface area contributed by atoms with Crippen molar-refractivity contribution in [2.45, 2.75) is 19.9 Å². The predicted octanol–water partition coefficient (Wildman–Crippen LogP) is 3.55. The molecule has 0 fully saturated rings. The van der Waals surface area contributed by atoms with Crippen molar-refractivity contribution < 1.29 is 0 Å². The predicted molar refractivity (Wildman–Crippen MR) is 83.1 cm³/mol. The van der Waals surface area contributed by atoms with Crippen LogP contribution in [0.1, 0.15) is 11.1 Å². The lowest BCUT2D eigenvalue weighted by atomic mass is 10.1. The molecule has 3 aromatic rings. The van der Waals surface area contributed by atoms with E-state index in [4.69, 9.17) is 0 Å². The lowest BCUT2D eigenvalue weighted by molar-refractivity contribution is 0.694. The van der Waals surface area contributed by atoms with Crippen molar-refractivity contribution in [1.82, 2.24) is 4.57 Å². The molecule has 0 radical (unpaired) electrons. The number of nitrogens with zero attached hydrogens (tertiary/aromatic N) is 1. The topological polar surface area (TPSA) is 22.0 Å². The van der Waals surface area contributed by atoms with Gasteiger partial charge in [0.15, 0.2) is 0 Å². The number of benzene rings is 2. The maximum atomic E-state index is 12.2. The van der Waals surface area contributed by atoms with Gasteiger partial charge in [-0.2, -0.15) is 0 Å². The van der Waals surface area contributed by atoms with E-state index in [1.807, 2.05) is 47.9 Å². The Bertz CT molecular complexity index is 787. The maximum absolute atomic E-state index is 12.2. The van der Waals surface area contributed by atoms with Crippen LogP contribution in [-0.4, -0.2) is 4.57 Å². The van der Waals surface area contributed by atoms with Gasteiger partial charge in [-0.25, -0.2) is 0 Å². The van der Waals surface area contributed by atoms with Gasteiger partial charge in [-0.15, -0.1) is 0 Å². The number of aromatic nitrogens is 1. The second kappa shape index (κ2) is 5.33. The smallest absolute Gasteiger partial charge is 0.251 e. The van der Waals surface area contributed by atoms with Gasteiger partial charge in [0.25, 0.3) is 5.56 Å². The number of para-hydroxylation sites is 1. The third kappa shape index (κ3) is 2.37. The van der Waals surface area contributed by atoms with Gasteiger partial charge in [0.05, 0.1) is 5.52 Å². The zero-order valence-corrected chi connectivity index (χ0v) is 11.5. The number of rotatable bonds is 3. The van der Waals surface area contributed by atoms with E-state index >= 15 is 0 Å². The number of hydrogen-bond acceptors (Lipinski definition) is 1. The molecular weight excluding hydrogens is 246 g/mol. The second-order valence-corrected chi connectivity index (χ2v) is 5.07. The van der Waals surface area contributed by atoms with Gasteiger partial charge < -0.3 is 4.57 Å². The molecule has 20 heavy (non-hydrogen) atoms. The van der Waals surface area contributed by atoms with E-state index in [1.54, 1.807) is 6.07 Å². The van der Waals surface area contributed by atoms with Crippen molar-refractivity contribution in [1.29, 1.82) is 0 Å². The van der Waals surface area contributed by atoms with Crippen molar-refractivity contribution in [3.63, 3.8) is 0 Å². The van der Waals surface area contributed by atoms with Gasteiger partial charge >= 0.3 is 0 Å². The van der Waals surface area contributed by atoms with Gasteiger partial charge in [-0.3, -0.25) is 4.79 Å². The molecular formula is C18H17NO. The zero-order chi connectivity index (χ0) is 13.9. The van der Waals surface area contributed by atoms with E-state index in [1.165, 1.54) is 5.56 Å². The van der Waals surface area contributed by atoms with Crippen molar-refractivity contribution in [3.8, 4) is 0 Å². The minimum atomic E-state index is 0.0807. The highest BCUT2D eigenvalue weighted by molar-refractivity contribution is 5.82. The van der Waals surface area contributed by atoms with Crippen LogP contribution in [0.2, 0.25) is 0 Å². The van der Waals surface area contributed by atoms with Crippen molar-refractivity contribution in [2.24, 2.45) is 0 Å². The Hall–Kier alpha value is -2.35. The van der Waals surface area contributed by atoms with E-state index in [0.29, 0.717) is 6.54 Å². The highest BCUT2D eigenvalue weighted by Gasteiger charge is 2.05. The molecule has 0 aliphatic heterocycles. The van der Waals surface area contributed by atoms with E-state index in [-0.39, 0.29) is 5.56 Å². The summed E-state index contributed by atoms with van der Waals surface area (Å²) in [7, 11) is 0. The Morgan fingerprint density at radius 2 is 1.65 bits per heavy atom. The molecule has 2 heteroatoms. The minimum absolute atomic E-state index is 0.0807. The summed E-state index contributed by atoms with van der Waals surface area (Å²) in [5.41, 5.74) is 3.40. The Balaban J connectivity index is 2.01. The van der Waals surface area contributed by atoms with E-state index in [0.717, 1.165) is 22.9 Å². The Kier molecular flexibility index (Phi) is 3.38. The van der Waals surface area contributed by atoms with Crippen molar-refractivity contribution >= 4 is 10.9 Å². The Labute approximate surface area is 118 Å². The largest absolute Gasteiger partial charge is 0.308 e. The number of pyridine rings is 1. The molecule has 0 amide bonds. The van der Waals surface area contributed by atoms with Gasteiger partial charge in [0, 0.05) is 18.0 Å². The van der Waals surface area contributed by atoms with E-state index in [9.17, 15) is 4.79 Å². The Morgan fingerprint density at radius 3 is 2.45 bits per heavy atom. The molecule has 0 N–H and O–H groups in total. The third-order valence-electron chi connectivity index (χ3n) is 3.69. The maximum Gasteiger partial charge on any atom is 0.251 e. The molecule has 0 saturated carbocycles. The summed E-state index contributed by atoms with van der Waals surface area (Å²) >= 11 is 0. The minimum Gasteiger partial charge on any atom is -0.308 e. The molecule has 0 bridgehead atoms. The number of fused-ring (bicyclic) bond motifs is 1. The molecule has 0 aliphatic carbocycles. The van der Waals surface area contributed by atoms with Gasteiger partial charge in [-0.05, 0) is 30.5 Å². The number of hydrogen-bond donors (Lipinski definition) is 0. The van der Waals surface area contributed by atoms with Crippen LogP contribution < -0.4 is 5.56 Å². The van der Waals surface area contributed by atoms with Crippen LogP contribution in [0.3, 0.4) is 0 Å². The van der Waals surface area contributed by atoms with Crippen LogP contribution in [0.4, 0.5) is 0 Å². The first-order chi connectivity index (χ1) is 9.75. The summed E-state index contributed by atoms with van der Waals surface area (Å²) in [6.45, 7) is 2.70. The Morgan fingerprint density at radius 1 is 0.950 bits per heavy atom. The fraction of sp³-hybridized carbons (Fsp3) is 0.167. The first kappa shape index (κ1) is 12.7. The summed E-state index contributed by atoms with van der Waals surface area (Å²) in [6.07, 6.45) is 0.869. The molecule has 100 valence electrons. The fourth-order valence-electron chi connectivity index (χ4n) is 2.62. The molecule has 0 spiro atoms. The average Bonchev–Trinajstić information content (AvgIpc) is 2.48. The summed E-state index contributed by atoms with van der Waals surface area (Å²) in [6, 6.07) is 20.1. The molecule has 2 nitrogen and oxygen atoms in total. The van der Waals surface area contributed by atoms with Crippen molar-refractivity contribution in [3.05, 3.63) is 82.1 Å². The SMILES string of the molecule is Cc1cc(=O)n(CCc2ccccc2)c2ccccc12. The summed E-state index contributed by atoms with van der Waals surface area (Å²) < 4.78 is 1.87. The first-order valence-electron chi connectivity index (χ1n) is 6.89. The van der Waals surface area contributed by atoms with Gasteiger partial charge in [0.2, 0.25) is 0 Å². The third-order valence-corrected chi connectivity index (χ3v) is 3.69. The van der Waals surface area contributed by atoms with Crippen molar-refractivity contribution in [2.75, 3.05) is 0 Å². The van der Waals surface area contributed by atoms with Crippen LogP contribution in [-0.2, 0) is 13.0 Å². The fourth-order valence-corrected chi connectivity index (χ4v) is 2.62. The lowest BCUT2D eigenvalue weighted by Crippen LogP contribution is -2.21. The standard InChI is InChI=1S/C18H17NO/c1-14-13-18(20)19(17-10-6-5-9-16(14)17)12-11-15-7-3-2-4-8-15/h2-10,13H,11-12H2,1H3. The van der Waals surface area contributed by atoms with Crippen LogP contribution in [0.25, 0.3) is 10.9 Å². The van der Waals surface area contributed by atoms with E-state index < -0.39 is 0 Å². The molecule has 0 atom stereocenters. The monoisotopic (exact) mass is 263 g/mol. The highest BCUT2D eigenvalue weighted by atomic mass is 16.1. The highest BCUT2D eigenvalue weighted by Crippen LogP contribution is 2.16.